The van der Waals surface area contributed by atoms with Gasteiger partial charge in [-0.15, -0.1) is 0 Å². The van der Waals surface area contributed by atoms with Crippen molar-refractivity contribution < 1.29 is 8.42 Å². The Balaban J connectivity index is 2.26. The molecule has 20 heavy (non-hydrogen) atoms. The van der Waals surface area contributed by atoms with E-state index in [1.165, 1.54) is 25.7 Å². The Morgan fingerprint density at radius 1 is 0.900 bits per heavy atom. The Bertz CT molecular complexity index is 483. The van der Waals surface area contributed by atoms with E-state index >= 15 is 0 Å². The summed E-state index contributed by atoms with van der Waals surface area (Å²) >= 11 is 3.43. The summed E-state index contributed by atoms with van der Waals surface area (Å²) in [7, 11) is -3.10. The Morgan fingerprint density at radius 3 is 2.05 bits per heavy atom. The van der Waals surface area contributed by atoms with Crippen molar-refractivity contribution in [3.63, 3.8) is 0 Å². The molecule has 0 atom stereocenters. The predicted octanol–water partition coefficient (Wildman–Crippen LogP) is 4.89. The molecule has 0 spiro atoms. The average Bonchev–Trinajstić information content (AvgIpc) is 2.42. The lowest BCUT2D eigenvalue weighted by Crippen LogP contribution is -2.08. The van der Waals surface area contributed by atoms with Crippen molar-refractivity contribution in [1.82, 2.24) is 0 Å². The average molecular weight is 361 g/mol. The first-order chi connectivity index (χ1) is 9.58. The number of sulfone groups is 1. The summed E-state index contributed by atoms with van der Waals surface area (Å²) in [6.07, 6.45) is 7.92. The van der Waals surface area contributed by atoms with Gasteiger partial charge >= 0.3 is 0 Å². The fourth-order valence-electron chi connectivity index (χ4n) is 2.29. The molecular formula is C16H25BrO2S. The maximum atomic E-state index is 12.2. The van der Waals surface area contributed by atoms with Crippen molar-refractivity contribution in [2.75, 3.05) is 11.1 Å². The fourth-order valence-corrected chi connectivity index (χ4v) is 4.33. The van der Waals surface area contributed by atoms with Gasteiger partial charge < -0.3 is 0 Å². The number of unbranched alkanes of at least 4 members (excludes halogenated alkanes) is 6. The Labute approximate surface area is 132 Å². The third-order valence-electron chi connectivity index (χ3n) is 3.48. The van der Waals surface area contributed by atoms with Gasteiger partial charge in [-0.05, 0) is 31.4 Å². The third-order valence-corrected chi connectivity index (χ3v) is 5.99. The van der Waals surface area contributed by atoms with Gasteiger partial charge in [0.2, 0.25) is 0 Å². The predicted molar refractivity (Wildman–Crippen MR) is 89.3 cm³/mol. The number of halogens is 1. The van der Waals surface area contributed by atoms with Gasteiger partial charge in [0, 0.05) is 5.33 Å². The molecule has 0 aliphatic carbocycles. The standard InChI is InChI=1S/C16H25BrO2S/c1-15-11-7-8-12-16(15)20(18,19)14-10-6-4-2-3-5-9-13-17/h7-8,11-12H,2-6,9-10,13-14H2,1H3. The van der Waals surface area contributed by atoms with Crippen molar-refractivity contribution in [3.05, 3.63) is 29.8 Å². The van der Waals surface area contributed by atoms with Crippen molar-refractivity contribution in [1.29, 1.82) is 0 Å². The summed E-state index contributed by atoms with van der Waals surface area (Å²) in [5.41, 5.74) is 0.849. The van der Waals surface area contributed by atoms with Crippen LogP contribution in [0.1, 0.15) is 50.5 Å². The zero-order valence-corrected chi connectivity index (χ0v) is 14.7. The number of rotatable bonds is 10. The Hall–Kier alpha value is -0.350. The molecule has 0 aromatic heterocycles. The highest BCUT2D eigenvalue weighted by Gasteiger charge is 2.15. The van der Waals surface area contributed by atoms with Crippen molar-refractivity contribution >= 4 is 25.8 Å². The second-order valence-electron chi connectivity index (χ2n) is 5.25. The highest BCUT2D eigenvalue weighted by atomic mass is 79.9. The molecule has 1 aromatic carbocycles. The van der Waals surface area contributed by atoms with Gasteiger partial charge in [0.1, 0.15) is 0 Å². The summed E-state index contributed by atoms with van der Waals surface area (Å²) in [4.78, 5) is 0.498. The summed E-state index contributed by atoms with van der Waals surface area (Å²) < 4.78 is 24.4. The molecule has 1 rings (SSSR count). The summed E-state index contributed by atoms with van der Waals surface area (Å²) in [6.45, 7) is 1.86. The number of hydrogen-bond acceptors (Lipinski definition) is 2. The molecule has 0 saturated carbocycles. The van der Waals surface area contributed by atoms with Gasteiger partial charge in [0.25, 0.3) is 0 Å². The van der Waals surface area contributed by atoms with E-state index in [-0.39, 0.29) is 5.75 Å². The zero-order chi connectivity index (χ0) is 14.8. The molecule has 4 heteroatoms. The first-order valence-electron chi connectivity index (χ1n) is 7.42. The van der Waals surface area contributed by atoms with E-state index < -0.39 is 9.84 Å². The molecular weight excluding hydrogens is 336 g/mol. The molecule has 114 valence electrons. The SMILES string of the molecule is Cc1ccccc1S(=O)(=O)CCCCCCCCCBr. The van der Waals surface area contributed by atoms with Crippen LogP contribution in [0.5, 0.6) is 0 Å². The van der Waals surface area contributed by atoms with Crippen LogP contribution in [0.4, 0.5) is 0 Å². The van der Waals surface area contributed by atoms with E-state index in [9.17, 15) is 8.42 Å². The van der Waals surface area contributed by atoms with Crippen LogP contribution in [0, 0.1) is 6.92 Å². The molecule has 2 nitrogen and oxygen atoms in total. The van der Waals surface area contributed by atoms with Gasteiger partial charge in [-0.1, -0.05) is 66.2 Å². The van der Waals surface area contributed by atoms with Gasteiger partial charge in [0.05, 0.1) is 10.6 Å². The molecule has 0 heterocycles. The maximum absolute atomic E-state index is 12.2. The van der Waals surface area contributed by atoms with E-state index in [1.807, 2.05) is 19.1 Å². The monoisotopic (exact) mass is 360 g/mol. The second kappa shape index (κ2) is 9.56. The lowest BCUT2D eigenvalue weighted by molar-refractivity contribution is 0.579. The van der Waals surface area contributed by atoms with E-state index in [2.05, 4.69) is 15.9 Å². The molecule has 0 radical (unpaired) electrons. The normalized spacial score (nSPS) is 11.7. The minimum atomic E-state index is -3.10. The second-order valence-corrected chi connectivity index (χ2v) is 8.12. The fraction of sp³-hybridized carbons (Fsp3) is 0.625. The first-order valence-corrected chi connectivity index (χ1v) is 10.2. The molecule has 0 unspecified atom stereocenters. The van der Waals surface area contributed by atoms with Crippen molar-refractivity contribution in [3.8, 4) is 0 Å². The van der Waals surface area contributed by atoms with Crippen LogP contribution in [-0.2, 0) is 9.84 Å². The van der Waals surface area contributed by atoms with Crippen LogP contribution in [0.15, 0.2) is 29.2 Å². The quantitative estimate of drug-likeness (QED) is 0.439. The van der Waals surface area contributed by atoms with E-state index in [0.717, 1.165) is 30.2 Å². The highest BCUT2D eigenvalue weighted by Crippen LogP contribution is 2.18. The van der Waals surface area contributed by atoms with Gasteiger partial charge in [-0.3, -0.25) is 0 Å². The minimum Gasteiger partial charge on any atom is -0.224 e. The van der Waals surface area contributed by atoms with E-state index in [1.54, 1.807) is 12.1 Å². The van der Waals surface area contributed by atoms with Crippen molar-refractivity contribution in [2.24, 2.45) is 0 Å². The molecule has 0 amide bonds. The largest absolute Gasteiger partial charge is 0.224 e. The first kappa shape index (κ1) is 17.7. The molecule has 0 fully saturated rings. The maximum Gasteiger partial charge on any atom is 0.178 e. The summed E-state index contributed by atoms with van der Waals surface area (Å²) in [5.74, 6) is 0.277. The van der Waals surface area contributed by atoms with Gasteiger partial charge in [0.15, 0.2) is 9.84 Å². The van der Waals surface area contributed by atoms with Gasteiger partial charge in [-0.25, -0.2) is 8.42 Å². The minimum absolute atomic E-state index is 0.277. The molecule has 0 N–H and O–H groups in total. The van der Waals surface area contributed by atoms with Crippen LogP contribution in [0.25, 0.3) is 0 Å². The van der Waals surface area contributed by atoms with Crippen LogP contribution in [-0.4, -0.2) is 19.5 Å². The Kier molecular flexibility index (Phi) is 8.46. The van der Waals surface area contributed by atoms with Crippen LogP contribution < -0.4 is 0 Å². The third kappa shape index (κ3) is 6.40. The molecule has 0 aliphatic heterocycles. The zero-order valence-electron chi connectivity index (χ0n) is 12.3. The van der Waals surface area contributed by atoms with Gasteiger partial charge in [-0.2, -0.15) is 0 Å². The number of alkyl halides is 1. The van der Waals surface area contributed by atoms with Crippen LogP contribution >= 0.6 is 15.9 Å². The van der Waals surface area contributed by atoms with Crippen molar-refractivity contribution in [2.45, 2.75) is 56.8 Å². The lowest BCUT2D eigenvalue weighted by atomic mass is 10.1. The lowest BCUT2D eigenvalue weighted by Gasteiger charge is -2.07. The van der Waals surface area contributed by atoms with Crippen LogP contribution in [0.2, 0.25) is 0 Å². The van der Waals surface area contributed by atoms with E-state index in [4.69, 9.17) is 0 Å². The molecule has 0 bridgehead atoms. The number of benzene rings is 1. The Morgan fingerprint density at radius 2 is 1.45 bits per heavy atom. The topological polar surface area (TPSA) is 34.1 Å². The molecule has 1 aromatic rings. The van der Waals surface area contributed by atoms with E-state index in [0.29, 0.717) is 4.90 Å². The number of aryl methyl sites for hydroxylation is 1. The van der Waals surface area contributed by atoms with Crippen LogP contribution in [0.3, 0.4) is 0 Å². The molecule has 0 aliphatic rings. The number of hydrogen-bond donors (Lipinski definition) is 0. The summed E-state index contributed by atoms with van der Waals surface area (Å²) in [5, 5.41) is 1.08. The summed E-state index contributed by atoms with van der Waals surface area (Å²) in [6, 6.07) is 7.24. The smallest absolute Gasteiger partial charge is 0.178 e. The highest BCUT2D eigenvalue weighted by molar-refractivity contribution is 9.09. The molecule has 0 saturated heterocycles.